The van der Waals surface area contributed by atoms with E-state index in [-0.39, 0.29) is 25.0 Å². The van der Waals surface area contributed by atoms with Gasteiger partial charge in [0, 0.05) is 13.8 Å². The van der Waals surface area contributed by atoms with Crippen molar-refractivity contribution in [3.63, 3.8) is 0 Å². The summed E-state index contributed by atoms with van der Waals surface area (Å²) >= 11 is 0. The van der Waals surface area contributed by atoms with Crippen LogP contribution < -0.4 is 16.4 Å². The summed E-state index contributed by atoms with van der Waals surface area (Å²) in [6.07, 6.45) is -0.851. The minimum Gasteiger partial charge on any atom is -0.779 e. The summed E-state index contributed by atoms with van der Waals surface area (Å²) in [7, 11) is -2.55. The van der Waals surface area contributed by atoms with Crippen molar-refractivity contribution in [1.29, 1.82) is 0 Å². The average Bonchev–Trinajstić information content (AvgIpc) is 3.16. The van der Waals surface area contributed by atoms with Crippen LogP contribution in [0.3, 0.4) is 0 Å². The minimum atomic E-state index is -4.04. The van der Waals surface area contributed by atoms with E-state index in [0.717, 1.165) is 6.66 Å². The predicted octanol–water partition coefficient (Wildman–Crippen LogP) is -1.13. The summed E-state index contributed by atoms with van der Waals surface area (Å²) in [4.78, 5) is 23.9. The molecule has 2 saturated heterocycles. The number of nitrogens with zero attached hydrogens (tertiary/aromatic N) is 4. The van der Waals surface area contributed by atoms with Crippen molar-refractivity contribution in [3.8, 4) is 0 Å². The summed E-state index contributed by atoms with van der Waals surface area (Å²) < 4.78 is 35.7. The minimum absolute atomic E-state index is 0.0159. The van der Waals surface area contributed by atoms with Crippen molar-refractivity contribution in [1.82, 2.24) is 19.5 Å². The van der Waals surface area contributed by atoms with Crippen LogP contribution in [-0.4, -0.2) is 64.3 Å². The molecule has 0 radical (unpaired) electrons. The first-order valence-corrected chi connectivity index (χ1v) is 9.74. The van der Waals surface area contributed by atoms with Crippen LogP contribution in [0.1, 0.15) is 6.23 Å². The van der Waals surface area contributed by atoms with Gasteiger partial charge in [-0.15, -0.1) is 0 Å². The first kappa shape index (κ1) is 17.6. The van der Waals surface area contributed by atoms with Crippen LogP contribution in [0.4, 0.5) is 11.8 Å². The van der Waals surface area contributed by atoms with Crippen LogP contribution in [0.25, 0.3) is 11.2 Å². The van der Waals surface area contributed by atoms with E-state index in [0.29, 0.717) is 11.2 Å². The second-order valence-electron chi connectivity index (χ2n) is 6.37. The third-order valence-electron chi connectivity index (χ3n) is 4.41. The SMILES string of the molecule is COC[C@]12CO[C@@H](C1OP(C)(=O)[O-])[C@H](n1cnc3c(N)nc(N)nc31)O2. The summed E-state index contributed by atoms with van der Waals surface area (Å²) in [5, 5.41) is 0. The van der Waals surface area contributed by atoms with Gasteiger partial charge in [0.25, 0.3) is 0 Å². The molecular formula is C13H18N6O6P-. The average molecular weight is 385 g/mol. The Balaban J connectivity index is 1.76. The Kier molecular flexibility index (Phi) is 3.95. The number of hydrogen-bond acceptors (Lipinski definition) is 11. The van der Waals surface area contributed by atoms with Gasteiger partial charge in [-0.25, -0.2) is 4.98 Å². The van der Waals surface area contributed by atoms with E-state index < -0.39 is 31.6 Å². The van der Waals surface area contributed by atoms with Crippen LogP contribution in [-0.2, 0) is 23.3 Å². The number of nitrogens with two attached hydrogens (primary N) is 2. The summed E-state index contributed by atoms with van der Waals surface area (Å²) in [6, 6.07) is 0. The van der Waals surface area contributed by atoms with Crippen molar-refractivity contribution in [3.05, 3.63) is 6.33 Å². The number of rotatable bonds is 5. The number of aromatic nitrogens is 4. The lowest BCUT2D eigenvalue weighted by Gasteiger charge is -2.32. The molecule has 4 N–H and O–H groups in total. The van der Waals surface area contributed by atoms with Crippen molar-refractivity contribution < 1.29 is 28.2 Å². The molecule has 0 spiro atoms. The second-order valence-corrected chi connectivity index (χ2v) is 8.12. The van der Waals surface area contributed by atoms with Crippen LogP contribution >= 0.6 is 7.60 Å². The molecule has 2 aromatic rings. The Labute approximate surface area is 147 Å². The molecule has 0 saturated carbocycles. The number of imidazole rings is 1. The monoisotopic (exact) mass is 385 g/mol. The number of nitrogen functional groups attached to an aromatic ring is 2. The molecule has 2 aliphatic rings. The number of anilines is 2. The van der Waals surface area contributed by atoms with Gasteiger partial charge in [0.05, 0.1) is 19.5 Å². The topological polar surface area (TPSA) is 173 Å². The highest BCUT2D eigenvalue weighted by molar-refractivity contribution is 7.50. The van der Waals surface area contributed by atoms with Gasteiger partial charge >= 0.3 is 0 Å². The fourth-order valence-corrected chi connectivity index (χ4v) is 4.19. The van der Waals surface area contributed by atoms with E-state index in [4.69, 9.17) is 30.2 Å². The summed E-state index contributed by atoms with van der Waals surface area (Å²) in [6.45, 7) is 1.23. The molecule has 2 unspecified atom stereocenters. The lowest BCUT2D eigenvalue weighted by Crippen LogP contribution is -2.46. The Morgan fingerprint density at radius 1 is 1.50 bits per heavy atom. The van der Waals surface area contributed by atoms with Gasteiger partial charge < -0.3 is 39.7 Å². The fourth-order valence-electron chi connectivity index (χ4n) is 3.47. The molecule has 2 aromatic heterocycles. The van der Waals surface area contributed by atoms with Gasteiger partial charge in [-0.3, -0.25) is 4.57 Å². The van der Waals surface area contributed by atoms with Gasteiger partial charge in [-0.05, 0) is 0 Å². The lowest BCUT2D eigenvalue weighted by atomic mass is 10.0. The first-order valence-electron chi connectivity index (χ1n) is 7.75. The van der Waals surface area contributed by atoms with Crippen LogP contribution in [0, 0.1) is 0 Å². The van der Waals surface area contributed by atoms with Gasteiger partial charge in [0.15, 0.2) is 17.7 Å². The number of methoxy groups -OCH3 is 1. The number of fused-ring (bicyclic) bond motifs is 3. The molecule has 5 atom stereocenters. The highest BCUT2D eigenvalue weighted by atomic mass is 31.2. The normalized spacial score (nSPS) is 33.0. The van der Waals surface area contributed by atoms with Crippen LogP contribution in [0.5, 0.6) is 0 Å². The highest BCUT2D eigenvalue weighted by Gasteiger charge is 2.64. The predicted molar refractivity (Wildman–Crippen MR) is 87.0 cm³/mol. The zero-order chi connectivity index (χ0) is 18.7. The quantitative estimate of drug-likeness (QED) is 0.596. The van der Waals surface area contributed by atoms with E-state index in [1.807, 2.05) is 0 Å². The van der Waals surface area contributed by atoms with Crippen molar-refractivity contribution >= 4 is 30.5 Å². The molecule has 2 bridgehead atoms. The zero-order valence-electron chi connectivity index (χ0n) is 14.1. The summed E-state index contributed by atoms with van der Waals surface area (Å²) in [5.74, 6) is 0.116. The van der Waals surface area contributed by atoms with Crippen molar-refractivity contribution in [2.75, 3.05) is 38.5 Å². The largest absolute Gasteiger partial charge is 0.779 e. The maximum atomic E-state index is 11.7. The standard InChI is InChI=1S/C13H19N6O6P/c1-22-3-13-4-23-7(8(13)25-26(2,20)21)11(24-13)19-5-16-6-9(14)17-12(15)18-10(6)19/h5,7-8,11H,3-4H2,1-2H3,(H,20,21)(H4,14,15,17,18)/p-1/t7-,8?,11+,13-/m0/s1. The molecule has 13 heteroatoms. The maximum Gasteiger partial charge on any atom is 0.224 e. The van der Waals surface area contributed by atoms with Gasteiger partial charge in [-0.1, -0.05) is 0 Å². The zero-order valence-corrected chi connectivity index (χ0v) is 15.0. The van der Waals surface area contributed by atoms with E-state index in [2.05, 4.69) is 15.0 Å². The molecule has 4 heterocycles. The molecular weight excluding hydrogens is 367 g/mol. The molecule has 0 amide bonds. The summed E-state index contributed by atoms with van der Waals surface area (Å²) in [5.41, 5.74) is 11.1. The molecule has 12 nitrogen and oxygen atoms in total. The Hall–Kier alpha value is -1.82. The molecule has 2 fully saturated rings. The Bertz CT molecular complexity index is 901. The van der Waals surface area contributed by atoms with Crippen molar-refractivity contribution in [2.24, 2.45) is 0 Å². The second kappa shape index (κ2) is 5.84. The fraction of sp³-hybridized carbons (Fsp3) is 0.615. The van der Waals surface area contributed by atoms with Crippen LogP contribution in [0.15, 0.2) is 6.33 Å². The van der Waals surface area contributed by atoms with E-state index in [1.54, 1.807) is 4.57 Å². The highest BCUT2D eigenvalue weighted by Crippen LogP contribution is 2.51. The lowest BCUT2D eigenvalue weighted by molar-refractivity contribution is -0.208. The molecule has 26 heavy (non-hydrogen) atoms. The molecule has 0 aliphatic carbocycles. The number of hydrogen-bond donors (Lipinski definition) is 2. The molecule has 2 aliphatic heterocycles. The van der Waals surface area contributed by atoms with Gasteiger partial charge in [0.1, 0.15) is 30.9 Å². The van der Waals surface area contributed by atoms with Gasteiger partial charge in [-0.2, -0.15) is 9.97 Å². The van der Waals surface area contributed by atoms with Crippen LogP contribution in [0.2, 0.25) is 0 Å². The Morgan fingerprint density at radius 2 is 2.27 bits per heavy atom. The Morgan fingerprint density at radius 3 is 2.96 bits per heavy atom. The third-order valence-corrected chi connectivity index (χ3v) is 5.02. The van der Waals surface area contributed by atoms with E-state index in [1.165, 1.54) is 13.4 Å². The van der Waals surface area contributed by atoms with Crippen molar-refractivity contribution in [2.45, 2.75) is 24.0 Å². The third kappa shape index (κ3) is 2.66. The van der Waals surface area contributed by atoms with E-state index >= 15 is 0 Å². The van der Waals surface area contributed by atoms with E-state index in [9.17, 15) is 9.46 Å². The smallest absolute Gasteiger partial charge is 0.224 e. The maximum absolute atomic E-state index is 11.7. The number of ether oxygens (including phenoxy) is 3. The molecule has 0 aromatic carbocycles. The molecule has 142 valence electrons. The van der Waals surface area contributed by atoms with Gasteiger partial charge in [0.2, 0.25) is 5.95 Å². The molecule has 4 rings (SSSR count). The first-order chi connectivity index (χ1) is 12.2.